The summed E-state index contributed by atoms with van der Waals surface area (Å²) in [5, 5.41) is 16.5. The molecule has 88 valence electrons. The largest absolute Gasteiger partial charge is 0.394 e. The molecule has 0 aliphatic carbocycles. The van der Waals surface area contributed by atoms with Gasteiger partial charge < -0.3 is 21.0 Å². The van der Waals surface area contributed by atoms with Crippen molar-refractivity contribution in [1.29, 1.82) is 5.41 Å². The summed E-state index contributed by atoms with van der Waals surface area (Å²) < 4.78 is 7.32. The van der Waals surface area contributed by atoms with E-state index in [1.54, 1.807) is 17.8 Å². The zero-order valence-corrected chi connectivity index (χ0v) is 9.18. The van der Waals surface area contributed by atoms with Crippen molar-refractivity contribution < 1.29 is 9.84 Å². The third-order valence-corrected chi connectivity index (χ3v) is 2.79. The second-order valence-electron chi connectivity index (χ2n) is 3.98. The van der Waals surface area contributed by atoms with Gasteiger partial charge >= 0.3 is 0 Å². The van der Waals surface area contributed by atoms with E-state index in [1.807, 2.05) is 0 Å². The Morgan fingerprint density at radius 3 is 3.00 bits per heavy atom. The van der Waals surface area contributed by atoms with Gasteiger partial charge in [-0.25, -0.2) is 4.98 Å². The number of aliphatic hydroxyl groups is 1. The van der Waals surface area contributed by atoms with E-state index in [9.17, 15) is 0 Å². The summed E-state index contributed by atoms with van der Waals surface area (Å²) in [5.74, 6) is 0.455. The molecule has 0 amide bonds. The Balaban J connectivity index is 2.19. The van der Waals surface area contributed by atoms with Crippen LogP contribution in [0.3, 0.4) is 0 Å². The lowest BCUT2D eigenvalue weighted by atomic mass is 10.2. The number of nitrogens with zero attached hydrogens (tertiary/aromatic N) is 2. The van der Waals surface area contributed by atoms with Crippen LogP contribution in [0, 0.1) is 5.41 Å². The molecule has 1 saturated heterocycles. The molecule has 0 bridgehead atoms. The summed E-state index contributed by atoms with van der Waals surface area (Å²) in [5.41, 5.74) is 6.73. The van der Waals surface area contributed by atoms with Gasteiger partial charge in [-0.1, -0.05) is 0 Å². The van der Waals surface area contributed by atoms with Crippen molar-refractivity contribution in [1.82, 2.24) is 9.55 Å². The predicted octanol–water partition coefficient (Wildman–Crippen LogP) is 0.523. The van der Waals surface area contributed by atoms with Crippen molar-refractivity contribution in [3.63, 3.8) is 0 Å². The summed E-state index contributed by atoms with van der Waals surface area (Å²) in [6.45, 7) is 1.68. The lowest BCUT2D eigenvalue weighted by Crippen LogP contribution is -2.15. The van der Waals surface area contributed by atoms with Crippen molar-refractivity contribution in [3.05, 3.63) is 12.0 Å². The Hall–Kier alpha value is -1.40. The summed E-state index contributed by atoms with van der Waals surface area (Å²) in [7, 11) is 0. The molecule has 2 rings (SSSR count). The number of ether oxygens (including phenoxy) is 1. The zero-order valence-electron chi connectivity index (χ0n) is 9.18. The van der Waals surface area contributed by atoms with Gasteiger partial charge in [-0.2, -0.15) is 0 Å². The van der Waals surface area contributed by atoms with Crippen LogP contribution in [-0.4, -0.2) is 33.1 Å². The molecular weight excluding hydrogens is 208 g/mol. The van der Waals surface area contributed by atoms with Crippen LogP contribution in [0.15, 0.2) is 6.33 Å². The molecular formula is C10H16N4O2. The van der Waals surface area contributed by atoms with E-state index in [1.165, 1.54) is 0 Å². The molecule has 2 heterocycles. The van der Waals surface area contributed by atoms with E-state index >= 15 is 0 Å². The lowest BCUT2D eigenvalue weighted by molar-refractivity contribution is -0.0213. The first kappa shape index (κ1) is 11.1. The minimum atomic E-state index is -0.169. The van der Waals surface area contributed by atoms with Crippen LogP contribution in [-0.2, 0) is 4.74 Å². The van der Waals surface area contributed by atoms with E-state index in [-0.39, 0.29) is 18.9 Å². The fourth-order valence-corrected chi connectivity index (χ4v) is 1.91. The number of anilines is 1. The number of aromatic nitrogens is 2. The van der Waals surface area contributed by atoms with E-state index in [4.69, 9.17) is 21.0 Å². The summed E-state index contributed by atoms with van der Waals surface area (Å²) in [4.78, 5) is 4.08. The normalized spacial score (nSPS) is 24.9. The van der Waals surface area contributed by atoms with E-state index in [2.05, 4.69) is 4.98 Å². The number of hydrogen-bond donors (Lipinski definition) is 3. The van der Waals surface area contributed by atoms with Crippen LogP contribution in [0.1, 0.15) is 31.7 Å². The molecule has 1 aliphatic heterocycles. The fourth-order valence-electron chi connectivity index (χ4n) is 1.91. The van der Waals surface area contributed by atoms with E-state index < -0.39 is 0 Å². The van der Waals surface area contributed by atoms with Crippen LogP contribution in [0.2, 0.25) is 0 Å². The molecule has 1 aliphatic rings. The minimum Gasteiger partial charge on any atom is -0.394 e. The summed E-state index contributed by atoms with van der Waals surface area (Å²) in [6, 6.07) is 0. The number of nitrogen functional groups attached to an aromatic ring is 1. The number of nitrogens with one attached hydrogen (secondary N) is 1. The molecule has 16 heavy (non-hydrogen) atoms. The number of rotatable bonds is 3. The van der Waals surface area contributed by atoms with Gasteiger partial charge in [0, 0.05) is 0 Å². The van der Waals surface area contributed by atoms with E-state index in [0.717, 1.165) is 12.8 Å². The third-order valence-electron chi connectivity index (χ3n) is 2.79. The molecule has 0 saturated carbocycles. The van der Waals surface area contributed by atoms with Crippen LogP contribution < -0.4 is 5.73 Å². The Morgan fingerprint density at radius 2 is 2.50 bits per heavy atom. The second-order valence-corrected chi connectivity index (χ2v) is 3.98. The average Bonchev–Trinajstić information content (AvgIpc) is 2.83. The van der Waals surface area contributed by atoms with Crippen molar-refractivity contribution in [2.75, 3.05) is 12.3 Å². The third kappa shape index (κ3) is 1.81. The maximum Gasteiger partial charge on any atom is 0.137 e. The molecule has 6 heteroatoms. The topological polar surface area (TPSA) is 97.2 Å². The van der Waals surface area contributed by atoms with Gasteiger partial charge in [-0.3, -0.25) is 4.57 Å². The summed E-state index contributed by atoms with van der Waals surface area (Å²) >= 11 is 0. The van der Waals surface area contributed by atoms with E-state index in [0.29, 0.717) is 17.2 Å². The number of imidazole rings is 1. The highest BCUT2D eigenvalue weighted by molar-refractivity contribution is 5.98. The van der Waals surface area contributed by atoms with Crippen molar-refractivity contribution in [2.24, 2.45) is 0 Å². The molecule has 0 spiro atoms. The second kappa shape index (κ2) is 4.23. The van der Waals surface area contributed by atoms with Crippen LogP contribution in [0.5, 0.6) is 0 Å². The molecule has 2 atom stereocenters. The molecule has 4 N–H and O–H groups in total. The Bertz CT molecular complexity index is 402. The SMILES string of the molecule is CC(=N)c1ncn([C@@H]2CC[C@H](CO)O2)c1N. The first-order valence-electron chi connectivity index (χ1n) is 5.27. The van der Waals surface area contributed by atoms with Crippen LogP contribution >= 0.6 is 0 Å². The maximum absolute atomic E-state index is 8.98. The van der Waals surface area contributed by atoms with Gasteiger partial charge in [-0.05, 0) is 19.8 Å². The van der Waals surface area contributed by atoms with Crippen LogP contribution in [0.25, 0.3) is 0 Å². The number of nitrogens with two attached hydrogens (primary N) is 1. The zero-order chi connectivity index (χ0) is 11.7. The first-order valence-corrected chi connectivity index (χ1v) is 5.27. The van der Waals surface area contributed by atoms with Gasteiger partial charge in [0.2, 0.25) is 0 Å². The standard InChI is InChI=1S/C10H16N4O2/c1-6(11)9-10(12)14(5-13-9)8-3-2-7(4-15)16-8/h5,7-8,11,15H,2-4,12H2,1H3/t7-,8+/m1/s1. The molecule has 1 aromatic rings. The van der Waals surface area contributed by atoms with Crippen molar-refractivity contribution in [3.8, 4) is 0 Å². The Morgan fingerprint density at radius 1 is 1.75 bits per heavy atom. The maximum atomic E-state index is 8.98. The van der Waals surface area contributed by atoms with Gasteiger partial charge in [0.15, 0.2) is 0 Å². The first-order chi connectivity index (χ1) is 7.63. The molecule has 0 radical (unpaired) electrons. The van der Waals surface area contributed by atoms with Gasteiger partial charge in [0.1, 0.15) is 17.7 Å². The predicted molar refractivity (Wildman–Crippen MR) is 59.4 cm³/mol. The molecule has 0 aromatic carbocycles. The van der Waals surface area contributed by atoms with Crippen molar-refractivity contribution in [2.45, 2.75) is 32.1 Å². The highest BCUT2D eigenvalue weighted by Crippen LogP contribution is 2.30. The monoisotopic (exact) mass is 224 g/mol. The van der Waals surface area contributed by atoms with Gasteiger partial charge in [-0.15, -0.1) is 0 Å². The Kier molecular flexibility index (Phi) is 2.93. The van der Waals surface area contributed by atoms with Crippen LogP contribution in [0.4, 0.5) is 5.82 Å². The van der Waals surface area contributed by atoms with Gasteiger partial charge in [0.05, 0.1) is 24.7 Å². The molecule has 0 unspecified atom stereocenters. The number of hydrogen-bond acceptors (Lipinski definition) is 5. The quantitative estimate of drug-likeness (QED) is 0.652. The highest BCUT2D eigenvalue weighted by atomic mass is 16.5. The summed E-state index contributed by atoms with van der Waals surface area (Å²) in [6.07, 6.45) is 2.93. The molecule has 6 nitrogen and oxygen atoms in total. The lowest BCUT2D eigenvalue weighted by Gasteiger charge is -2.14. The molecule has 1 fully saturated rings. The fraction of sp³-hybridized carbons (Fsp3) is 0.600. The minimum absolute atomic E-state index is 0.0293. The van der Waals surface area contributed by atoms with Gasteiger partial charge in [0.25, 0.3) is 0 Å². The smallest absolute Gasteiger partial charge is 0.137 e. The Labute approximate surface area is 93.6 Å². The molecule has 1 aromatic heterocycles. The average molecular weight is 224 g/mol. The number of aliphatic hydroxyl groups excluding tert-OH is 1. The highest BCUT2D eigenvalue weighted by Gasteiger charge is 2.27. The van der Waals surface area contributed by atoms with Crippen molar-refractivity contribution >= 4 is 11.5 Å².